The van der Waals surface area contributed by atoms with E-state index >= 15 is 0 Å². The van der Waals surface area contributed by atoms with E-state index in [2.05, 4.69) is 15.5 Å². The van der Waals surface area contributed by atoms with E-state index < -0.39 is 0 Å². The monoisotopic (exact) mass is 347 g/mol. The fraction of sp³-hybridized carbons (Fsp3) is 0.188. The normalized spacial score (nSPS) is 10.9. The molecule has 0 saturated heterocycles. The summed E-state index contributed by atoms with van der Waals surface area (Å²) in [6.45, 7) is 1.46. The van der Waals surface area contributed by atoms with Crippen molar-refractivity contribution in [1.29, 1.82) is 0 Å². The maximum absolute atomic E-state index is 10.00. The third-order valence-electron chi connectivity index (χ3n) is 3.09. The number of hydrogen-bond acceptors (Lipinski definition) is 6. The van der Waals surface area contributed by atoms with Crippen LogP contribution in [0, 0.1) is 6.92 Å². The van der Waals surface area contributed by atoms with Crippen LogP contribution in [0.1, 0.15) is 22.4 Å². The Labute approximate surface area is 144 Å². The predicted molar refractivity (Wildman–Crippen MR) is 97.6 cm³/mol. The number of aliphatic hydroxyl groups excluding tert-OH is 1. The molecule has 2 aromatic rings. The van der Waals surface area contributed by atoms with Gasteiger partial charge in [0.2, 0.25) is 0 Å². The number of nitrogens with one attached hydrogen (secondary N) is 1. The first kappa shape index (κ1) is 17.4. The number of benzene rings is 1. The van der Waals surface area contributed by atoms with Gasteiger partial charge in [0.15, 0.2) is 4.32 Å². The lowest BCUT2D eigenvalue weighted by molar-refractivity contribution is 0.280. The van der Waals surface area contributed by atoms with E-state index in [0.717, 1.165) is 5.75 Å². The summed E-state index contributed by atoms with van der Waals surface area (Å²) in [6.07, 6.45) is 2.95. The van der Waals surface area contributed by atoms with Gasteiger partial charge < -0.3 is 10.2 Å². The zero-order chi connectivity index (χ0) is 16.7. The van der Waals surface area contributed by atoms with E-state index in [4.69, 9.17) is 12.2 Å². The number of hydrazone groups is 1. The van der Waals surface area contributed by atoms with Gasteiger partial charge in [-0.2, -0.15) is 5.10 Å². The Morgan fingerprint density at radius 3 is 2.83 bits per heavy atom. The molecule has 2 rings (SSSR count). The van der Waals surface area contributed by atoms with Crippen LogP contribution in [0.3, 0.4) is 0 Å². The summed E-state index contributed by atoms with van der Waals surface area (Å²) in [4.78, 5) is 3.99. The van der Waals surface area contributed by atoms with Crippen LogP contribution < -0.4 is 5.43 Å². The smallest absolute Gasteiger partial charge is 0.154 e. The van der Waals surface area contributed by atoms with Gasteiger partial charge in [0.25, 0.3) is 0 Å². The van der Waals surface area contributed by atoms with E-state index in [1.165, 1.54) is 29.7 Å². The predicted octanol–water partition coefficient (Wildman–Crippen LogP) is 2.73. The lowest BCUT2D eigenvalue weighted by Gasteiger charge is -2.07. The van der Waals surface area contributed by atoms with Gasteiger partial charge in [-0.3, -0.25) is 10.4 Å². The molecule has 120 valence electrons. The molecule has 5 nitrogen and oxygen atoms in total. The van der Waals surface area contributed by atoms with Crippen molar-refractivity contribution in [3.8, 4) is 5.75 Å². The minimum atomic E-state index is -0.227. The molecule has 1 heterocycles. The molecule has 23 heavy (non-hydrogen) atoms. The standard InChI is InChI=1S/C16H17N3O2S2/c1-11-15(21)14(13(9-20)7-17-11)8-18-19-16(22)23-10-12-5-3-2-4-6-12/h2-8,20-21H,9-10H2,1H3,(H,19,22)/b18-8+. The zero-order valence-electron chi connectivity index (χ0n) is 12.6. The molecule has 0 amide bonds. The van der Waals surface area contributed by atoms with Gasteiger partial charge in [-0.25, -0.2) is 0 Å². The maximum atomic E-state index is 10.00. The van der Waals surface area contributed by atoms with Crippen LogP contribution in [0.2, 0.25) is 0 Å². The van der Waals surface area contributed by atoms with Crippen molar-refractivity contribution < 1.29 is 10.2 Å². The third kappa shape index (κ3) is 5.02. The highest BCUT2D eigenvalue weighted by Crippen LogP contribution is 2.21. The molecule has 3 N–H and O–H groups in total. The Morgan fingerprint density at radius 1 is 1.39 bits per heavy atom. The van der Waals surface area contributed by atoms with Crippen molar-refractivity contribution in [3.05, 3.63) is 58.9 Å². The van der Waals surface area contributed by atoms with E-state index in [1.807, 2.05) is 30.3 Å². The molecule has 0 radical (unpaired) electrons. The topological polar surface area (TPSA) is 77.7 Å². The van der Waals surface area contributed by atoms with Crippen LogP contribution in [-0.2, 0) is 12.4 Å². The fourth-order valence-corrected chi connectivity index (χ4v) is 2.66. The lowest BCUT2D eigenvalue weighted by atomic mass is 10.1. The zero-order valence-corrected chi connectivity index (χ0v) is 14.2. The summed E-state index contributed by atoms with van der Waals surface area (Å²) >= 11 is 6.67. The number of aromatic hydroxyl groups is 1. The van der Waals surface area contributed by atoms with Crippen molar-refractivity contribution in [1.82, 2.24) is 10.4 Å². The van der Waals surface area contributed by atoms with Crippen LogP contribution >= 0.6 is 24.0 Å². The van der Waals surface area contributed by atoms with Gasteiger partial charge in [0.1, 0.15) is 5.75 Å². The molecule has 1 aromatic carbocycles. The second-order valence-electron chi connectivity index (χ2n) is 4.72. The number of aryl methyl sites for hydroxylation is 1. The average Bonchev–Trinajstić information content (AvgIpc) is 2.58. The fourth-order valence-electron chi connectivity index (χ4n) is 1.83. The first-order chi connectivity index (χ1) is 11.1. The number of rotatable bonds is 5. The number of thiocarbonyl (C=S) groups is 1. The Bertz CT molecular complexity index is 706. The minimum absolute atomic E-state index is 0.00459. The summed E-state index contributed by atoms with van der Waals surface area (Å²) in [7, 11) is 0. The second kappa shape index (κ2) is 8.61. The largest absolute Gasteiger partial charge is 0.505 e. The van der Waals surface area contributed by atoms with Crippen LogP contribution in [0.4, 0.5) is 0 Å². The Balaban J connectivity index is 1.94. The van der Waals surface area contributed by atoms with Crippen molar-refractivity contribution in [2.24, 2.45) is 5.10 Å². The second-order valence-corrected chi connectivity index (χ2v) is 6.37. The number of thioether (sulfide) groups is 1. The van der Waals surface area contributed by atoms with Gasteiger partial charge >= 0.3 is 0 Å². The molecule has 0 saturated carbocycles. The van der Waals surface area contributed by atoms with Crippen molar-refractivity contribution >= 4 is 34.5 Å². The summed E-state index contributed by atoms with van der Waals surface area (Å²) in [5.74, 6) is 0.758. The van der Waals surface area contributed by atoms with E-state index in [0.29, 0.717) is 21.1 Å². The summed E-state index contributed by atoms with van der Waals surface area (Å²) < 4.78 is 0.529. The summed E-state index contributed by atoms with van der Waals surface area (Å²) in [6, 6.07) is 10.00. The highest BCUT2D eigenvalue weighted by molar-refractivity contribution is 8.22. The lowest BCUT2D eigenvalue weighted by Crippen LogP contribution is -2.12. The molecule has 7 heteroatoms. The summed E-state index contributed by atoms with van der Waals surface area (Å²) in [5.41, 5.74) is 5.34. The van der Waals surface area contributed by atoms with E-state index in [9.17, 15) is 10.2 Å². The molecule has 0 aliphatic carbocycles. The average molecular weight is 347 g/mol. The van der Waals surface area contributed by atoms with Crippen molar-refractivity contribution in [2.75, 3.05) is 0 Å². The Kier molecular flexibility index (Phi) is 6.52. The molecule has 0 bridgehead atoms. The molecular formula is C16H17N3O2S2. The van der Waals surface area contributed by atoms with Gasteiger partial charge in [0.05, 0.1) is 18.5 Å². The molecular weight excluding hydrogens is 330 g/mol. The minimum Gasteiger partial charge on any atom is -0.505 e. The molecule has 0 aliphatic rings. The SMILES string of the molecule is Cc1ncc(CO)c(/C=N/NC(=S)SCc2ccccc2)c1O. The highest BCUT2D eigenvalue weighted by Gasteiger charge is 2.09. The van der Waals surface area contributed by atoms with Crippen LogP contribution in [0.5, 0.6) is 5.75 Å². The van der Waals surface area contributed by atoms with Crippen molar-refractivity contribution in [3.63, 3.8) is 0 Å². The van der Waals surface area contributed by atoms with E-state index in [-0.39, 0.29) is 12.4 Å². The Hall–Kier alpha value is -1.96. The quantitative estimate of drug-likeness (QED) is 0.439. The van der Waals surface area contributed by atoms with Crippen molar-refractivity contribution in [2.45, 2.75) is 19.3 Å². The number of hydrogen-bond donors (Lipinski definition) is 3. The molecule has 0 atom stereocenters. The third-order valence-corrected chi connectivity index (χ3v) is 4.37. The molecule has 0 unspecified atom stereocenters. The van der Waals surface area contributed by atoms with Crippen LogP contribution in [-0.4, -0.2) is 25.7 Å². The molecule has 0 spiro atoms. The first-order valence-electron chi connectivity index (χ1n) is 6.90. The number of nitrogens with zero attached hydrogens (tertiary/aromatic N) is 2. The van der Waals surface area contributed by atoms with E-state index in [1.54, 1.807) is 6.92 Å². The highest BCUT2D eigenvalue weighted by atomic mass is 32.2. The van der Waals surface area contributed by atoms with Crippen LogP contribution in [0.15, 0.2) is 41.6 Å². The Morgan fingerprint density at radius 2 is 2.13 bits per heavy atom. The molecule has 0 fully saturated rings. The number of pyridine rings is 1. The summed E-state index contributed by atoms with van der Waals surface area (Å²) in [5, 5.41) is 23.3. The number of aliphatic hydroxyl groups is 1. The van der Waals surface area contributed by atoms with Gasteiger partial charge in [-0.15, -0.1) is 0 Å². The maximum Gasteiger partial charge on any atom is 0.154 e. The van der Waals surface area contributed by atoms with Gasteiger partial charge in [-0.05, 0) is 12.5 Å². The number of aromatic nitrogens is 1. The molecule has 1 aromatic heterocycles. The first-order valence-corrected chi connectivity index (χ1v) is 8.29. The van der Waals surface area contributed by atoms with Gasteiger partial charge in [-0.1, -0.05) is 54.3 Å². The molecule has 0 aliphatic heterocycles. The van der Waals surface area contributed by atoms with Gasteiger partial charge in [0, 0.05) is 23.1 Å². The van der Waals surface area contributed by atoms with Crippen LogP contribution in [0.25, 0.3) is 0 Å².